The van der Waals surface area contributed by atoms with Gasteiger partial charge in [-0.25, -0.2) is 13.8 Å². The summed E-state index contributed by atoms with van der Waals surface area (Å²) in [6.45, 7) is 2.07. The van der Waals surface area contributed by atoms with E-state index in [1.54, 1.807) is 18.0 Å². The lowest BCUT2D eigenvalue weighted by molar-refractivity contribution is -0.125. The number of likely N-dealkylation sites (N-methyl/N-ethyl adjacent to an activating group) is 1. The van der Waals surface area contributed by atoms with Gasteiger partial charge in [0.15, 0.2) is 0 Å². The molecule has 0 radical (unpaired) electrons. The van der Waals surface area contributed by atoms with Crippen LogP contribution in [0.2, 0.25) is 0 Å². The Kier molecular flexibility index (Phi) is 7.57. The molecule has 2 atom stereocenters. The first-order valence-electron chi connectivity index (χ1n) is 9.60. The smallest absolute Gasteiger partial charge is 0.237 e. The van der Waals surface area contributed by atoms with Crippen LogP contribution in [0.3, 0.4) is 0 Å². The summed E-state index contributed by atoms with van der Waals surface area (Å²) < 4.78 is 27.8. The molecule has 29 heavy (non-hydrogen) atoms. The van der Waals surface area contributed by atoms with E-state index in [1.807, 2.05) is 42.1 Å². The summed E-state index contributed by atoms with van der Waals surface area (Å²) in [5.74, 6) is -1.02. The van der Waals surface area contributed by atoms with Gasteiger partial charge in [0.2, 0.25) is 5.91 Å². The van der Waals surface area contributed by atoms with Crippen molar-refractivity contribution >= 4 is 17.7 Å². The number of rotatable bonds is 8. The number of benzene rings is 1. The zero-order valence-electron chi connectivity index (χ0n) is 16.6. The van der Waals surface area contributed by atoms with Crippen molar-refractivity contribution in [2.45, 2.75) is 29.3 Å². The van der Waals surface area contributed by atoms with Crippen LogP contribution in [-0.2, 0) is 11.3 Å². The number of hydrogen-bond donors (Lipinski definition) is 1. The van der Waals surface area contributed by atoms with Crippen molar-refractivity contribution in [1.29, 1.82) is 0 Å². The molecule has 1 N–H and O–H groups in total. The maximum atomic E-state index is 14.2. The van der Waals surface area contributed by atoms with Crippen molar-refractivity contribution in [3.63, 3.8) is 0 Å². The predicted molar refractivity (Wildman–Crippen MR) is 111 cm³/mol. The Labute approximate surface area is 174 Å². The van der Waals surface area contributed by atoms with Crippen molar-refractivity contribution in [3.05, 3.63) is 59.8 Å². The van der Waals surface area contributed by atoms with Gasteiger partial charge in [-0.1, -0.05) is 6.07 Å². The number of carbonyl (C=O) groups excluding carboxylic acids is 1. The second-order valence-corrected chi connectivity index (χ2v) is 8.74. The minimum absolute atomic E-state index is 0.0761. The zero-order valence-corrected chi connectivity index (χ0v) is 17.5. The van der Waals surface area contributed by atoms with Crippen LogP contribution in [0.1, 0.15) is 12.0 Å². The third-order valence-corrected chi connectivity index (χ3v) is 5.99. The Hall–Kier alpha value is -2.03. The summed E-state index contributed by atoms with van der Waals surface area (Å²) in [6, 6.07) is 8.78. The zero-order chi connectivity index (χ0) is 20.8. The Bertz CT molecular complexity index is 822. The Balaban J connectivity index is 1.72. The molecule has 2 aromatic rings. The molecule has 1 aliphatic heterocycles. The summed E-state index contributed by atoms with van der Waals surface area (Å²) in [7, 11) is 3.89. The normalized spacial score (nSPS) is 19.6. The van der Waals surface area contributed by atoms with Gasteiger partial charge >= 0.3 is 0 Å². The first-order chi connectivity index (χ1) is 13.9. The van der Waals surface area contributed by atoms with Gasteiger partial charge in [0.25, 0.3) is 0 Å². The van der Waals surface area contributed by atoms with Crippen molar-refractivity contribution < 1.29 is 13.6 Å². The maximum absolute atomic E-state index is 14.2. The van der Waals surface area contributed by atoms with Gasteiger partial charge in [0.05, 0.1) is 11.1 Å². The lowest BCUT2D eigenvalue weighted by Crippen LogP contribution is -2.44. The molecule has 0 unspecified atom stereocenters. The van der Waals surface area contributed by atoms with E-state index in [0.29, 0.717) is 19.5 Å². The van der Waals surface area contributed by atoms with Crippen molar-refractivity contribution in [3.8, 4) is 0 Å². The van der Waals surface area contributed by atoms with Crippen molar-refractivity contribution in [2.24, 2.45) is 0 Å². The van der Waals surface area contributed by atoms with E-state index in [2.05, 4.69) is 10.3 Å². The summed E-state index contributed by atoms with van der Waals surface area (Å²) >= 11 is 1.61. The van der Waals surface area contributed by atoms with Crippen LogP contribution in [-0.4, -0.2) is 65.7 Å². The van der Waals surface area contributed by atoms with Crippen molar-refractivity contribution in [1.82, 2.24) is 20.1 Å². The van der Waals surface area contributed by atoms with E-state index in [4.69, 9.17) is 0 Å². The number of amides is 1. The standard InChI is InChI=1S/C21H26F2N4OS/c1-26(2)10-9-25-21(28)19-12-17(29-20-5-3-4-8-24-20)14-27(19)13-15-11-16(22)6-7-18(15)23/h3-8,11,17,19H,9-10,12-14H2,1-2H3,(H,25,28)/t17-,19+/m1/s1. The van der Waals surface area contributed by atoms with E-state index in [9.17, 15) is 13.6 Å². The number of aromatic nitrogens is 1. The van der Waals surface area contributed by atoms with E-state index in [1.165, 1.54) is 6.07 Å². The number of pyridine rings is 1. The molecule has 1 saturated heterocycles. The van der Waals surface area contributed by atoms with E-state index in [-0.39, 0.29) is 29.3 Å². The molecule has 0 bridgehead atoms. The fourth-order valence-corrected chi connectivity index (χ4v) is 4.55. The van der Waals surface area contributed by atoms with Gasteiger partial charge in [-0.2, -0.15) is 0 Å². The van der Waals surface area contributed by atoms with Crippen LogP contribution in [0.4, 0.5) is 8.78 Å². The van der Waals surface area contributed by atoms with Gasteiger partial charge in [0.1, 0.15) is 11.6 Å². The van der Waals surface area contributed by atoms with Crippen molar-refractivity contribution in [2.75, 3.05) is 33.7 Å². The Morgan fingerprint density at radius 1 is 1.31 bits per heavy atom. The quantitative estimate of drug-likeness (QED) is 0.712. The largest absolute Gasteiger partial charge is 0.353 e. The van der Waals surface area contributed by atoms with Crippen LogP contribution < -0.4 is 5.32 Å². The highest BCUT2D eigenvalue weighted by Gasteiger charge is 2.37. The summed E-state index contributed by atoms with van der Waals surface area (Å²) in [5.41, 5.74) is 0.263. The summed E-state index contributed by atoms with van der Waals surface area (Å²) in [5, 5.41) is 4.00. The van der Waals surface area contributed by atoms with Crippen LogP contribution >= 0.6 is 11.8 Å². The third kappa shape index (κ3) is 6.22. The highest BCUT2D eigenvalue weighted by Crippen LogP contribution is 2.33. The number of carbonyl (C=O) groups is 1. The number of hydrogen-bond acceptors (Lipinski definition) is 5. The molecule has 1 aromatic heterocycles. The number of halogens is 2. The summed E-state index contributed by atoms with van der Waals surface area (Å²) in [6.07, 6.45) is 2.37. The lowest BCUT2D eigenvalue weighted by Gasteiger charge is -2.24. The molecule has 3 rings (SSSR count). The molecule has 0 spiro atoms. The number of likely N-dealkylation sites (tertiary alicyclic amines) is 1. The molecule has 2 heterocycles. The molecule has 0 saturated carbocycles. The van der Waals surface area contributed by atoms with Gasteiger partial charge < -0.3 is 10.2 Å². The monoisotopic (exact) mass is 420 g/mol. The van der Waals surface area contributed by atoms with Gasteiger partial charge in [0, 0.05) is 43.2 Å². The SMILES string of the molecule is CN(C)CCNC(=O)[C@@H]1C[C@@H](Sc2ccccn2)CN1Cc1cc(F)ccc1F. The predicted octanol–water partition coefficient (Wildman–Crippen LogP) is 2.77. The molecular formula is C21H26F2N4OS. The number of nitrogens with one attached hydrogen (secondary N) is 1. The molecule has 1 aromatic carbocycles. The number of nitrogens with zero attached hydrogens (tertiary/aromatic N) is 3. The maximum Gasteiger partial charge on any atom is 0.237 e. The Morgan fingerprint density at radius 3 is 2.86 bits per heavy atom. The first kappa shape index (κ1) is 21.7. The molecular weight excluding hydrogens is 394 g/mol. The van der Waals surface area contributed by atoms with E-state index in [0.717, 1.165) is 23.7 Å². The Morgan fingerprint density at radius 2 is 2.14 bits per heavy atom. The molecule has 5 nitrogen and oxygen atoms in total. The average molecular weight is 421 g/mol. The third-order valence-electron chi connectivity index (χ3n) is 4.83. The highest BCUT2D eigenvalue weighted by atomic mass is 32.2. The van der Waals surface area contributed by atoms with Crippen LogP contribution in [0.25, 0.3) is 0 Å². The second kappa shape index (κ2) is 10.1. The molecule has 0 aliphatic carbocycles. The fourth-order valence-electron chi connectivity index (χ4n) is 3.39. The molecule has 156 valence electrons. The molecule has 8 heteroatoms. The lowest BCUT2D eigenvalue weighted by atomic mass is 10.1. The van der Waals surface area contributed by atoms with Gasteiger partial charge in [-0.05, 0) is 50.8 Å². The van der Waals surface area contributed by atoms with E-state index >= 15 is 0 Å². The van der Waals surface area contributed by atoms with Crippen LogP contribution in [0.5, 0.6) is 0 Å². The van der Waals surface area contributed by atoms with Gasteiger partial charge in [-0.15, -0.1) is 11.8 Å². The van der Waals surface area contributed by atoms with E-state index < -0.39 is 11.6 Å². The topological polar surface area (TPSA) is 48.5 Å². The minimum Gasteiger partial charge on any atom is -0.353 e. The average Bonchev–Trinajstić information content (AvgIpc) is 3.07. The number of thioether (sulfide) groups is 1. The van der Waals surface area contributed by atoms with Crippen LogP contribution in [0.15, 0.2) is 47.6 Å². The summed E-state index contributed by atoms with van der Waals surface area (Å²) in [4.78, 5) is 21.1. The van der Waals surface area contributed by atoms with Gasteiger partial charge in [-0.3, -0.25) is 9.69 Å². The highest BCUT2D eigenvalue weighted by molar-refractivity contribution is 7.99. The minimum atomic E-state index is -0.480. The first-order valence-corrected chi connectivity index (χ1v) is 10.5. The van der Waals surface area contributed by atoms with Crippen LogP contribution in [0, 0.1) is 11.6 Å². The second-order valence-electron chi connectivity index (χ2n) is 7.42. The molecule has 1 aliphatic rings. The fraction of sp³-hybridized carbons (Fsp3) is 0.429. The molecule has 1 amide bonds. The molecule has 1 fully saturated rings.